The molecule has 0 unspecified atom stereocenters. The Balaban J connectivity index is 1.93. The monoisotopic (exact) mass is 240 g/mol. The van der Waals surface area contributed by atoms with E-state index in [-0.39, 0.29) is 12.1 Å². The molecule has 1 aliphatic heterocycles. The molecule has 0 radical (unpaired) electrons. The molecule has 0 bridgehead atoms. The fourth-order valence-corrected chi connectivity index (χ4v) is 2.53. The molecule has 2 aromatic carbocycles. The van der Waals surface area contributed by atoms with Gasteiger partial charge in [0.05, 0.1) is 12.7 Å². The Morgan fingerprint density at radius 3 is 2.78 bits per heavy atom. The molecule has 18 heavy (non-hydrogen) atoms. The summed E-state index contributed by atoms with van der Waals surface area (Å²) in [6, 6.07) is 14.7. The highest BCUT2D eigenvalue weighted by Gasteiger charge is 2.27. The molecule has 1 atom stereocenters. The van der Waals surface area contributed by atoms with Gasteiger partial charge in [-0.25, -0.2) is 0 Å². The summed E-state index contributed by atoms with van der Waals surface area (Å²) in [6.07, 6.45) is 0.965. The van der Waals surface area contributed by atoms with Gasteiger partial charge in [0.15, 0.2) is 0 Å². The molecule has 1 aliphatic rings. The molecule has 1 heterocycles. The smallest absolute Gasteiger partial charge is 0.237 e. The van der Waals surface area contributed by atoms with Gasteiger partial charge in [0, 0.05) is 13.5 Å². The lowest BCUT2D eigenvalue weighted by Crippen LogP contribution is -2.36. The van der Waals surface area contributed by atoms with Gasteiger partial charge < -0.3 is 4.90 Å². The summed E-state index contributed by atoms with van der Waals surface area (Å²) in [5, 5.41) is 5.77. The molecule has 0 aromatic heterocycles. The van der Waals surface area contributed by atoms with Crippen LogP contribution in [0.4, 0.5) is 0 Å². The van der Waals surface area contributed by atoms with E-state index in [1.807, 2.05) is 7.05 Å². The number of hydrogen-bond acceptors (Lipinski definition) is 2. The minimum Gasteiger partial charge on any atom is -0.329 e. The van der Waals surface area contributed by atoms with Crippen LogP contribution < -0.4 is 5.32 Å². The van der Waals surface area contributed by atoms with Gasteiger partial charge in [0.25, 0.3) is 0 Å². The summed E-state index contributed by atoms with van der Waals surface area (Å²) in [5.41, 5.74) is 1.28. The van der Waals surface area contributed by atoms with E-state index in [4.69, 9.17) is 0 Å². The van der Waals surface area contributed by atoms with Crippen LogP contribution >= 0.6 is 0 Å². The number of rotatable bonds is 2. The van der Waals surface area contributed by atoms with E-state index in [9.17, 15) is 4.79 Å². The lowest BCUT2D eigenvalue weighted by Gasteiger charge is -2.20. The van der Waals surface area contributed by atoms with E-state index in [0.29, 0.717) is 6.54 Å². The first-order valence-corrected chi connectivity index (χ1v) is 6.21. The van der Waals surface area contributed by atoms with Crippen LogP contribution in [0.5, 0.6) is 0 Å². The van der Waals surface area contributed by atoms with Crippen molar-refractivity contribution in [3.8, 4) is 0 Å². The molecule has 92 valence electrons. The van der Waals surface area contributed by atoms with Crippen molar-refractivity contribution < 1.29 is 4.79 Å². The quantitative estimate of drug-likeness (QED) is 0.867. The maximum Gasteiger partial charge on any atom is 0.237 e. The van der Waals surface area contributed by atoms with Crippen LogP contribution in [0.15, 0.2) is 42.5 Å². The van der Waals surface area contributed by atoms with Crippen LogP contribution in [0, 0.1) is 0 Å². The number of nitrogens with one attached hydrogen (secondary N) is 1. The Hall–Kier alpha value is -1.87. The number of benzene rings is 2. The minimum absolute atomic E-state index is 0.114. The second-order valence-corrected chi connectivity index (χ2v) is 4.74. The summed E-state index contributed by atoms with van der Waals surface area (Å²) >= 11 is 0. The Labute approximate surface area is 106 Å². The highest BCUT2D eigenvalue weighted by Crippen LogP contribution is 2.21. The Kier molecular flexibility index (Phi) is 2.76. The molecule has 3 nitrogen and oxygen atoms in total. The minimum atomic E-state index is 0.114. The summed E-state index contributed by atoms with van der Waals surface area (Å²) in [6.45, 7) is 0.450. The van der Waals surface area contributed by atoms with Crippen LogP contribution in [-0.4, -0.2) is 30.6 Å². The van der Waals surface area contributed by atoms with Crippen LogP contribution in [0.2, 0.25) is 0 Å². The van der Waals surface area contributed by atoms with Crippen molar-refractivity contribution in [2.45, 2.75) is 12.6 Å². The Bertz CT molecular complexity index is 589. The largest absolute Gasteiger partial charge is 0.329 e. The molecule has 3 heteroatoms. The lowest BCUT2D eigenvalue weighted by atomic mass is 10.0. The van der Waals surface area contributed by atoms with E-state index >= 15 is 0 Å². The van der Waals surface area contributed by atoms with E-state index in [1.54, 1.807) is 4.90 Å². The van der Waals surface area contributed by atoms with Gasteiger partial charge in [-0.15, -0.1) is 0 Å². The second-order valence-electron chi connectivity index (χ2n) is 4.74. The van der Waals surface area contributed by atoms with E-state index in [0.717, 1.165) is 6.42 Å². The fourth-order valence-electron chi connectivity index (χ4n) is 2.53. The first kappa shape index (κ1) is 11.2. The maximum absolute atomic E-state index is 11.5. The molecular formula is C15H16N2O. The summed E-state index contributed by atoms with van der Waals surface area (Å²) < 4.78 is 0. The average molecular weight is 240 g/mol. The number of nitrogens with zero attached hydrogens (tertiary/aromatic N) is 1. The van der Waals surface area contributed by atoms with Crippen LogP contribution in [0.25, 0.3) is 10.8 Å². The third-order valence-corrected chi connectivity index (χ3v) is 3.64. The molecule has 0 spiro atoms. The third kappa shape index (κ3) is 1.87. The molecule has 0 aliphatic carbocycles. The van der Waals surface area contributed by atoms with Crippen LogP contribution in [-0.2, 0) is 11.2 Å². The molecular weight excluding hydrogens is 224 g/mol. The Morgan fingerprint density at radius 2 is 2.00 bits per heavy atom. The summed E-state index contributed by atoms with van der Waals surface area (Å²) in [7, 11) is 1.86. The zero-order valence-electron chi connectivity index (χ0n) is 10.4. The van der Waals surface area contributed by atoms with Gasteiger partial charge in [0.2, 0.25) is 5.91 Å². The van der Waals surface area contributed by atoms with Crippen molar-refractivity contribution in [1.29, 1.82) is 0 Å². The van der Waals surface area contributed by atoms with Crippen molar-refractivity contribution >= 4 is 16.7 Å². The van der Waals surface area contributed by atoms with Gasteiger partial charge in [-0.2, -0.15) is 0 Å². The van der Waals surface area contributed by atoms with Crippen LogP contribution in [0.1, 0.15) is 5.56 Å². The summed E-state index contributed by atoms with van der Waals surface area (Å²) in [5.74, 6) is 0.167. The van der Waals surface area contributed by atoms with Crippen molar-refractivity contribution in [3.05, 3.63) is 48.0 Å². The highest BCUT2D eigenvalue weighted by atomic mass is 16.2. The van der Waals surface area contributed by atoms with Crippen molar-refractivity contribution in [1.82, 2.24) is 10.2 Å². The average Bonchev–Trinajstić information content (AvgIpc) is 2.71. The normalized spacial score (nSPS) is 19.7. The third-order valence-electron chi connectivity index (χ3n) is 3.64. The molecule has 1 fully saturated rings. The highest BCUT2D eigenvalue weighted by molar-refractivity contribution is 5.86. The first-order valence-electron chi connectivity index (χ1n) is 6.21. The molecule has 1 saturated heterocycles. The zero-order chi connectivity index (χ0) is 12.5. The topological polar surface area (TPSA) is 32.3 Å². The first-order chi connectivity index (χ1) is 8.75. The number of carbonyl (C=O) groups is 1. The van der Waals surface area contributed by atoms with E-state index in [1.165, 1.54) is 16.3 Å². The van der Waals surface area contributed by atoms with Gasteiger partial charge in [-0.3, -0.25) is 10.1 Å². The maximum atomic E-state index is 11.5. The SMILES string of the molecule is CN1C(=O)CN[C@H]1Cc1cccc2ccccc12. The number of amides is 1. The predicted octanol–water partition coefficient (Wildman–Crippen LogP) is 1.77. The number of carbonyl (C=O) groups excluding carboxylic acids is 1. The Morgan fingerprint density at radius 1 is 1.22 bits per heavy atom. The van der Waals surface area contributed by atoms with Gasteiger partial charge in [0.1, 0.15) is 0 Å². The van der Waals surface area contributed by atoms with Crippen molar-refractivity contribution in [2.24, 2.45) is 0 Å². The van der Waals surface area contributed by atoms with Gasteiger partial charge in [-0.1, -0.05) is 42.5 Å². The number of hydrogen-bond donors (Lipinski definition) is 1. The van der Waals surface area contributed by atoms with E-state index < -0.39 is 0 Å². The van der Waals surface area contributed by atoms with Crippen molar-refractivity contribution in [2.75, 3.05) is 13.6 Å². The van der Waals surface area contributed by atoms with Crippen molar-refractivity contribution in [3.63, 3.8) is 0 Å². The fraction of sp³-hybridized carbons (Fsp3) is 0.267. The van der Waals surface area contributed by atoms with Crippen LogP contribution in [0.3, 0.4) is 0 Å². The van der Waals surface area contributed by atoms with Gasteiger partial charge >= 0.3 is 0 Å². The zero-order valence-corrected chi connectivity index (χ0v) is 10.4. The number of likely N-dealkylation sites (N-methyl/N-ethyl adjacent to an activating group) is 1. The molecule has 1 N–H and O–H groups in total. The molecule has 0 saturated carbocycles. The van der Waals surface area contributed by atoms with Gasteiger partial charge in [-0.05, 0) is 16.3 Å². The van der Waals surface area contributed by atoms with E-state index in [2.05, 4.69) is 47.8 Å². The molecule has 2 aromatic rings. The second kappa shape index (κ2) is 4.42. The predicted molar refractivity (Wildman–Crippen MR) is 72.2 cm³/mol. The molecule has 1 amide bonds. The summed E-state index contributed by atoms with van der Waals surface area (Å²) in [4.78, 5) is 13.3. The lowest BCUT2D eigenvalue weighted by molar-refractivity contribution is -0.126. The standard InChI is InChI=1S/C15H16N2O/c1-17-14(16-10-15(17)18)9-12-7-4-6-11-5-2-3-8-13(11)12/h2-8,14,16H,9-10H2,1H3/t14-/m1/s1. The number of fused-ring (bicyclic) bond motifs is 1. The molecule has 3 rings (SSSR count).